The van der Waals surface area contributed by atoms with Crippen molar-refractivity contribution in [1.82, 2.24) is 19.9 Å². The Labute approximate surface area is 172 Å². The van der Waals surface area contributed by atoms with Gasteiger partial charge in [0.15, 0.2) is 0 Å². The van der Waals surface area contributed by atoms with E-state index in [0.717, 1.165) is 5.56 Å². The lowest BCUT2D eigenvalue weighted by molar-refractivity contribution is 0.0547. The van der Waals surface area contributed by atoms with Crippen LogP contribution in [0, 0.1) is 5.82 Å². The molecule has 1 amide bonds. The molecule has 1 atom stereocenters. The van der Waals surface area contributed by atoms with E-state index in [9.17, 15) is 9.18 Å². The van der Waals surface area contributed by atoms with E-state index in [0.29, 0.717) is 42.9 Å². The molecule has 1 aromatic heterocycles. The summed E-state index contributed by atoms with van der Waals surface area (Å²) in [5.74, 6) is 0.179. The quantitative estimate of drug-likeness (QED) is 0.644. The topological polar surface area (TPSA) is 62.5 Å². The monoisotopic (exact) mass is 414 g/mol. The second-order valence-electron chi connectivity index (χ2n) is 6.95. The van der Waals surface area contributed by atoms with Gasteiger partial charge in [-0.1, -0.05) is 47.1 Å². The van der Waals surface area contributed by atoms with Gasteiger partial charge < -0.3 is 9.42 Å². The molecule has 0 bridgehead atoms. The molecule has 1 aliphatic heterocycles. The van der Waals surface area contributed by atoms with Gasteiger partial charge in [-0.2, -0.15) is 4.98 Å². The third kappa shape index (κ3) is 4.16. The lowest BCUT2D eigenvalue weighted by Gasteiger charge is -2.36. The number of carbonyl (C=O) groups is 1. The van der Waals surface area contributed by atoms with E-state index < -0.39 is 5.82 Å². The fourth-order valence-electron chi connectivity index (χ4n) is 3.41. The molecule has 0 radical (unpaired) electrons. The number of piperazine rings is 1. The number of rotatable bonds is 4. The summed E-state index contributed by atoms with van der Waals surface area (Å²) in [6, 6.07) is 13.6. The predicted octanol–water partition coefficient (Wildman–Crippen LogP) is 4.05. The minimum atomic E-state index is -0.561. The van der Waals surface area contributed by atoms with Crippen LogP contribution in [0.25, 0.3) is 11.4 Å². The van der Waals surface area contributed by atoms with Crippen LogP contribution in [-0.2, 0) is 0 Å². The second kappa shape index (κ2) is 8.31. The smallest absolute Gasteiger partial charge is 0.256 e. The number of hydrogen-bond donors (Lipinski definition) is 0. The number of hydrogen-bond acceptors (Lipinski definition) is 5. The summed E-state index contributed by atoms with van der Waals surface area (Å²) < 4.78 is 19.5. The Bertz CT molecular complexity index is 1000. The van der Waals surface area contributed by atoms with Crippen LogP contribution in [0.2, 0.25) is 5.02 Å². The van der Waals surface area contributed by atoms with Crippen LogP contribution in [0.3, 0.4) is 0 Å². The fourth-order valence-corrected chi connectivity index (χ4v) is 3.58. The molecule has 1 unspecified atom stereocenters. The van der Waals surface area contributed by atoms with Gasteiger partial charge in [-0.05, 0) is 25.1 Å². The van der Waals surface area contributed by atoms with Crippen molar-refractivity contribution in [2.45, 2.75) is 13.0 Å². The van der Waals surface area contributed by atoms with E-state index in [1.54, 1.807) is 4.90 Å². The van der Waals surface area contributed by atoms with Crippen LogP contribution in [-0.4, -0.2) is 52.0 Å². The summed E-state index contributed by atoms with van der Waals surface area (Å²) in [5, 5.41) is 4.41. The number of aromatic nitrogens is 2. The average molecular weight is 415 g/mol. The summed E-state index contributed by atoms with van der Waals surface area (Å²) in [4.78, 5) is 21.0. The SMILES string of the molecule is CC(c1nc(-c2ccccc2)no1)N1CCN(C(=O)c2cc(Cl)ccc2F)CC1. The van der Waals surface area contributed by atoms with Gasteiger partial charge in [0.1, 0.15) is 5.82 Å². The minimum absolute atomic E-state index is 0.00315. The van der Waals surface area contributed by atoms with Crippen molar-refractivity contribution in [1.29, 1.82) is 0 Å². The number of nitrogens with zero attached hydrogens (tertiary/aromatic N) is 4. The molecule has 6 nitrogen and oxygen atoms in total. The summed E-state index contributed by atoms with van der Waals surface area (Å²) in [5.41, 5.74) is 0.900. The Kier molecular flexibility index (Phi) is 5.60. The maximum atomic E-state index is 14.0. The first-order chi connectivity index (χ1) is 14.0. The number of amides is 1. The maximum Gasteiger partial charge on any atom is 0.256 e. The first-order valence-electron chi connectivity index (χ1n) is 9.40. The molecule has 8 heteroatoms. The average Bonchev–Trinajstić information content (AvgIpc) is 3.25. The van der Waals surface area contributed by atoms with Crippen molar-refractivity contribution in [2.75, 3.05) is 26.2 Å². The van der Waals surface area contributed by atoms with E-state index in [1.807, 2.05) is 37.3 Å². The van der Waals surface area contributed by atoms with E-state index in [-0.39, 0.29) is 17.5 Å². The van der Waals surface area contributed by atoms with Crippen molar-refractivity contribution in [3.05, 3.63) is 70.8 Å². The fraction of sp³-hybridized carbons (Fsp3) is 0.286. The molecule has 2 aromatic carbocycles. The van der Waals surface area contributed by atoms with Crippen LogP contribution in [0.1, 0.15) is 29.2 Å². The highest BCUT2D eigenvalue weighted by Crippen LogP contribution is 2.24. The van der Waals surface area contributed by atoms with E-state index in [4.69, 9.17) is 16.1 Å². The van der Waals surface area contributed by atoms with Crippen molar-refractivity contribution < 1.29 is 13.7 Å². The molecule has 3 aromatic rings. The second-order valence-corrected chi connectivity index (χ2v) is 7.39. The summed E-state index contributed by atoms with van der Waals surface area (Å²) in [6.07, 6.45) is 0. The first-order valence-corrected chi connectivity index (χ1v) is 9.78. The lowest BCUT2D eigenvalue weighted by Crippen LogP contribution is -2.49. The Morgan fingerprint density at radius 1 is 1.14 bits per heavy atom. The largest absolute Gasteiger partial charge is 0.337 e. The van der Waals surface area contributed by atoms with Crippen LogP contribution >= 0.6 is 11.6 Å². The zero-order valence-corrected chi connectivity index (χ0v) is 16.6. The normalized spacial score (nSPS) is 16.0. The lowest BCUT2D eigenvalue weighted by atomic mass is 10.1. The van der Waals surface area contributed by atoms with Gasteiger partial charge in [-0.15, -0.1) is 0 Å². The Balaban J connectivity index is 1.40. The summed E-state index contributed by atoms with van der Waals surface area (Å²) in [7, 11) is 0. The minimum Gasteiger partial charge on any atom is -0.337 e. The highest BCUT2D eigenvalue weighted by molar-refractivity contribution is 6.31. The number of halogens is 2. The highest BCUT2D eigenvalue weighted by atomic mass is 35.5. The zero-order chi connectivity index (χ0) is 20.4. The molecule has 4 rings (SSSR count). The predicted molar refractivity (Wildman–Crippen MR) is 107 cm³/mol. The van der Waals surface area contributed by atoms with Gasteiger partial charge in [0.2, 0.25) is 11.7 Å². The van der Waals surface area contributed by atoms with Crippen molar-refractivity contribution in [2.24, 2.45) is 0 Å². The molecule has 0 saturated carbocycles. The van der Waals surface area contributed by atoms with Crippen molar-refractivity contribution in [3.63, 3.8) is 0 Å². The molecule has 2 heterocycles. The highest BCUT2D eigenvalue weighted by Gasteiger charge is 2.29. The third-order valence-corrected chi connectivity index (χ3v) is 5.37. The molecule has 1 saturated heterocycles. The van der Waals surface area contributed by atoms with Gasteiger partial charge in [0.25, 0.3) is 5.91 Å². The molecule has 1 aliphatic rings. The first kappa shape index (κ1) is 19.5. The van der Waals surface area contributed by atoms with Gasteiger partial charge in [-0.25, -0.2) is 4.39 Å². The molecular weight excluding hydrogens is 395 g/mol. The Morgan fingerprint density at radius 3 is 2.59 bits per heavy atom. The van der Waals surface area contributed by atoms with Crippen LogP contribution < -0.4 is 0 Å². The van der Waals surface area contributed by atoms with Gasteiger partial charge in [0, 0.05) is 36.8 Å². The van der Waals surface area contributed by atoms with Gasteiger partial charge >= 0.3 is 0 Å². The molecular formula is C21H20ClFN4O2. The van der Waals surface area contributed by atoms with E-state index in [1.165, 1.54) is 18.2 Å². The summed E-state index contributed by atoms with van der Waals surface area (Å²) >= 11 is 5.91. The van der Waals surface area contributed by atoms with Gasteiger partial charge in [0.05, 0.1) is 11.6 Å². The molecule has 0 aliphatic carbocycles. The van der Waals surface area contributed by atoms with Crippen LogP contribution in [0.4, 0.5) is 4.39 Å². The third-order valence-electron chi connectivity index (χ3n) is 5.14. The number of carbonyl (C=O) groups excluding carboxylic acids is 1. The molecule has 0 N–H and O–H groups in total. The zero-order valence-electron chi connectivity index (χ0n) is 15.9. The molecule has 150 valence electrons. The van der Waals surface area contributed by atoms with E-state index in [2.05, 4.69) is 15.0 Å². The standard InChI is InChI=1S/C21H20ClFN4O2/c1-14(20-24-19(25-29-20)15-5-3-2-4-6-15)26-9-11-27(12-10-26)21(28)17-13-16(22)7-8-18(17)23/h2-8,13-14H,9-12H2,1H3. The molecule has 1 fully saturated rings. The van der Waals surface area contributed by atoms with Crippen molar-refractivity contribution >= 4 is 17.5 Å². The Hall–Kier alpha value is -2.77. The molecule has 29 heavy (non-hydrogen) atoms. The molecule has 0 spiro atoms. The summed E-state index contributed by atoms with van der Waals surface area (Å²) in [6.45, 7) is 4.20. The maximum absolute atomic E-state index is 14.0. The van der Waals surface area contributed by atoms with Crippen LogP contribution in [0.5, 0.6) is 0 Å². The Morgan fingerprint density at radius 2 is 1.86 bits per heavy atom. The van der Waals surface area contributed by atoms with Crippen LogP contribution in [0.15, 0.2) is 53.1 Å². The van der Waals surface area contributed by atoms with E-state index >= 15 is 0 Å². The van der Waals surface area contributed by atoms with Gasteiger partial charge in [-0.3, -0.25) is 9.69 Å². The van der Waals surface area contributed by atoms with Crippen molar-refractivity contribution in [3.8, 4) is 11.4 Å². The number of benzene rings is 2.